The van der Waals surface area contributed by atoms with E-state index in [2.05, 4.69) is 9.47 Å². The largest absolute Gasteiger partial charge is 0.442 e. The van der Waals surface area contributed by atoms with Crippen LogP contribution in [0.5, 0.6) is 0 Å². The number of carbonyl (C=O) groups excluding carboxylic acids is 3. The lowest BCUT2D eigenvalue weighted by Gasteiger charge is -2.17. The average molecular weight is 184 g/mol. The summed E-state index contributed by atoms with van der Waals surface area (Å²) in [5.41, 5.74) is 0. The van der Waals surface area contributed by atoms with Crippen LogP contribution in [0.3, 0.4) is 0 Å². The maximum absolute atomic E-state index is 11.1. The predicted octanol–water partition coefficient (Wildman–Crippen LogP) is -0.0522. The molecule has 1 rings (SSSR count). The third kappa shape index (κ3) is 2.14. The second-order valence-corrected chi connectivity index (χ2v) is 2.57. The zero-order chi connectivity index (χ0) is 10.0. The first-order chi connectivity index (χ1) is 6.00. The van der Waals surface area contributed by atoms with E-state index in [9.17, 15) is 14.4 Å². The van der Waals surface area contributed by atoms with Crippen LogP contribution in [0.1, 0.15) is 13.8 Å². The number of allylic oxidation sites excluding steroid dienone is 1. The highest BCUT2D eigenvalue weighted by atomic mass is 16.6. The fourth-order valence-electron chi connectivity index (χ4n) is 0.906. The highest BCUT2D eigenvalue weighted by Crippen LogP contribution is 2.11. The van der Waals surface area contributed by atoms with E-state index in [1.54, 1.807) is 0 Å². The normalized spacial score (nSPS) is 22.0. The van der Waals surface area contributed by atoms with E-state index in [0.29, 0.717) is 0 Å². The molecule has 0 aliphatic carbocycles. The molecule has 1 atom stereocenters. The number of ether oxygens (including phenoxy) is 2. The molecule has 0 saturated carbocycles. The molecule has 0 spiro atoms. The van der Waals surface area contributed by atoms with Gasteiger partial charge in [-0.25, -0.2) is 4.79 Å². The molecule has 1 heterocycles. The Morgan fingerprint density at radius 1 is 1.54 bits per heavy atom. The summed E-state index contributed by atoms with van der Waals surface area (Å²) in [6, 6.07) is 0. The van der Waals surface area contributed by atoms with Crippen LogP contribution in [0.15, 0.2) is 11.8 Å². The summed E-state index contributed by atoms with van der Waals surface area (Å²) in [5.74, 6) is -1.90. The van der Waals surface area contributed by atoms with Crippen LogP contribution in [0.2, 0.25) is 0 Å². The highest BCUT2D eigenvalue weighted by molar-refractivity contribution is 6.10. The standard InChI is InChI=1S/C8H8O5/c1-4-3-6(10)7(8(11)12-4)13-5(2)9/h3,7H,1-2H3. The minimum Gasteiger partial charge on any atom is -0.442 e. The van der Waals surface area contributed by atoms with Crippen molar-refractivity contribution in [3.8, 4) is 0 Å². The van der Waals surface area contributed by atoms with Gasteiger partial charge in [0, 0.05) is 13.0 Å². The summed E-state index contributed by atoms with van der Waals surface area (Å²) in [5, 5.41) is 0. The molecule has 70 valence electrons. The molecule has 0 aromatic carbocycles. The van der Waals surface area contributed by atoms with Crippen LogP contribution in [0.25, 0.3) is 0 Å². The van der Waals surface area contributed by atoms with Crippen molar-refractivity contribution in [2.45, 2.75) is 20.0 Å². The minimum absolute atomic E-state index is 0.207. The van der Waals surface area contributed by atoms with E-state index in [1.807, 2.05) is 0 Å². The zero-order valence-corrected chi connectivity index (χ0v) is 7.20. The fraction of sp³-hybridized carbons (Fsp3) is 0.375. The molecule has 0 aromatic rings. The SMILES string of the molecule is CC(=O)OC1C(=O)C=C(C)OC1=O. The Bertz CT molecular complexity index is 302. The second kappa shape index (κ2) is 3.38. The number of ketones is 1. The molecule has 0 aromatic heterocycles. The smallest absolute Gasteiger partial charge is 0.360 e. The summed E-state index contributed by atoms with van der Waals surface area (Å²) in [6.07, 6.45) is -0.309. The van der Waals surface area contributed by atoms with Crippen LogP contribution >= 0.6 is 0 Å². The number of rotatable bonds is 1. The Hall–Kier alpha value is -1.65. The molecule has 0 N–H and O–H groups in total. The van der Waals surface area contributed by atoms with Gasteiger partial charge in [-0.15, -0.1) is 0 Å². The van der Waals surface area contributed by atoms with Crippen molar-refractivity contribution in [1.29, 1.82) is 0 Å². The van der Waals surface area contributed by atoms with Crippen LogP contribution < -0.4 is 0 Å². The van der Waals surface area contributed by atoms with E-state index >= 15 is 0 Å². The van der Waals surface area contributed by atoms with E-state index < -0.39 is 23.8 Å². The predicted molar refractivity (Wildman–Crippen MR) is 40.4 cm³/mol. The highest BCUT2D eigenvalue weighted by Gasteiger charge is 2.33. The van der Waals surface area contributed by atoms with E-state index in [0.717, 1.165) is 13.0 Å². The van der Waals surface area contributed by atoms with Crippen molar-refractivity contribution in [1.82, 2.24) is 0 Å². The molecule has 0 bridgehead atoms. The first kappa shape index (κ1) is 9.44. The Morgan fingerprint density at radius 3 is 2.62 bits per heavy atom. The number of hydrogen-bond donors (Lipinski definition) is 0. The van der Waals surface area contributed by atoms with Gasteiger partial charge < -0.3 is 9.47 Å². The quantitative estimate of drug-likeness (QED) is 0.422. The number of cyclic esters (lactones) is 1. The third-order valence-corrected chi connectivity index (χ3v) is 1.36. The minimum atomic E-state index is -1.43. The van der Waals surface area contributed by atoms with Gasteiger partial charge in [-0.3, -0.25) is 9.59 Å². The van der Waals surface area contributed by atoms with Gasteiger partial charge in [0.15, 0.2) is 0 Å². The first-order valence-electron chi connectivity index (χ1n) is 3.62. The van der Waals surface area contributed by atoms with Gasteiger partial charge >= 0.3 is 11.9 Å². The topological polar surface area (TPSA) is 69.7 Å². The molecule has 0 fully saturated rings. The Kier molecular flexibility index (Phi) is 2.46. The third-order valence-electron chi connectivity index (χ3n) is 1.36. The molecule has 0 saturated heterocycles. The van der Waals surface area contributed by atoms with Gasteiger partial charge in [-0.1, -0.05) is 0 Å². The van der Waals surface area contributed by atoms with Crippen LogP contribution in [0.4, 0.5) is 0 Å². The Labute approximate surface area is 74.3 Å². The van der Waals surface area contributed by atoms with E-state index in [1.165, 1.54) is 6.92 Å². The fourth-order valence-corrected chi connectivity index (χ4v) is 0.906. The maximum Gasteiger partial charge on any atom is 0.360 e. The van der Waals surface area contributed by atoms with Crippen molar-refractivity contribution in [3.63, 3.8) is 0 Å². The van der Waals surface area contributed by atoms with Gasteiger partial charge in [-0.2, -0.15) is 0 Å². The lowest BCUT2D eigenvalue weighted by Crippen LogP contribution is -2.37. The molecular formula is C8H8O5. The molecule has 1 unspecified atom stereocenters. The molecule has 5 nitrogen and oxygen atoms in total. The number of esters is 2. The lowest BCUT2D eigenvalue weighted by atomic mass is 10.2. The molecule has 0 amide bonds. The molecule has 1 aliphatic rings. The van der Waals surface area contributed by atoms with Crippen molar-refractivity contribution in [2.24, 2.45) is 0 Å². The number of hydrogen-bond acceptors (Lipinski definition) is 5. The molecule has 13 heavy (non-hydrogen) atoms. The van der Waals surface area contributed by atoms with Crippen molar-refractivity contribution in [3.05, 3.63) is 11.8 Å². The van der Waals surface area contributed by atoms with Crippen molar-refractivity contribution in [2.75, 3.05) is 0 Å². The van der Waals surface area contributed by atoms with E-state index in [4.69, 9.17) is 0 Å². The number of carbonyl (C=O) groups is 3. The average Bonchev–Trinajstić information content (AvgIpc) is 1.96. The van der Waals surface area contributed by atoms with Crippen LogP contribution in [0, 0.1) is 0 Å². The van der Waals surface area contributed by atoms with Crippen molar-refractivity contribution < 1.29 is 23.9 Å². The monoisotopic (exact) mass is 184 g/mol. The lowest BCUT2D eigenvalue weighted by molar-refractivity contribution is -0.168. The van der Waals surface area contributed by atoms with Crippen LogP contribution in [-0.2, 0) is 23.9 Å². The van der Waals surface area contributed by atoms with E-state index in [-0.39, 0.29) is 5.76 Å². The summed E-state index contributed by atoms with van der Waals surface area (Å²) < 4.78 is 9.05. The van der Waals surface area contributed by atoms with Crippen LogP contribution in [-0.4, -0.2) is 23.8 Å². The summed E-state index contributed by atoms with van der Waals surface area (Å²) in [6.45, 7) is 2.59. The second-order valence-electron chi connectivity index (χ2n) is 2.57. The molecule has 1 aliphatic heterocycles. The zero-order valence-electron chi connectivity index (χ0n) is 7.20. The molecule has 0 radical (unpaired) electrons. The van der Waals surface area contributed by atoms with Gasteiger partial charge in [0.1, 0.15) is 5.76 Å². The maximum atomic E-state index is 11.1. The van der Waals surface area contributed by atoms with Crippen molar-refractivity contribution >= 4 is 17.7 Å². The first-order valence-corrected chi connectivity index (χ1v) is 3.62. The van der Waals surface area contributed by atoms with Gasteiger partial charge in [0.2, 0.25) is 5.78 Å². The Morgan fingerprint density at radius 2 is 2.15 bits per heavy atom. The van der Waals surface area contributed by atoms with Gasteiger partial charge in [-0.05, 0) is 6.92 Å². The summed E-state index contributed by atoms with van der Waals surface area (Å²) >= 11 is 0. The molecule has 5 heteroatoms. The molecular weight excluding hydrogens is 176 g/mol. The Balaban J connectivity index is 2.81. The van der Waals surface area contributed by atoms with Gasteiger partial charge in [0.05, 0.1) is 0 Å². The summed E-state index contributed by atoms with van der Waals surface area (Å²) in [7, 11) is 0. The summed E-state index contributed by atoms with van der Waals surface area (Å²) in [4.78, 5) is 32.6. The van der Waals surface area contributed by atoms with Gasteiger partial charge in [0.25, 0.3) is 6.10 Å².